The zero-order valence-electron chi connectivity index (χ0n) is 17.1. The molecule has 2 aromatic carbocycles. The van der Waals surface area contributed by atoms with Crippen molar-refractivity contribution in [2.45, 2.75) is 18.0 Å². The maximum absolute atomic E-state index is 12.3. The van der Waals surface area contributed by atoms with Crippen molar-refractivity contribution in [3.8, 4) is 11.5 Å². The first kappa shape index (κ1) is 21.6. The van der Waals surface area contributed by atoms with Gasteiger partial charge in [-0.3, -0.25) is 14.6 Å². The van der Waals surface area contributed by atoms with Crippen LogP contribution in [0.1, 0.15) is 11.1 Å². The smallest absolute Gasteiger partial charge is 0.238 e. The molecule has 166 valence electrons. The quantitative estimate of drug-likeness (QED) is 0.636. The van der Waals surface area contributed by atoms with Gasteiger partial charge in [-0.25, -0.2) is 13.6 Å². The van der Waals surface area contributed by atoms with E-state index in [1.54, 1.807) is 12.1 Å². The lowest BCUT2D eigenvalue weighted by Crippen LogP contribution is -2.49. The molecule has 0 saturated carbocycles. The van der Waals surface area contributed by atoms with Crippen molar-refractivity contribution in [1.82, 2.24) is 15.1 Å². The minimum atomic E-state index is -3.71. The maximum atomic E-state index is 12.3. The number of nitrogens with one attached hydrogen (secondary N) is 1. The van der Waals surface area contributed by atoms with E-state index in [0.717, 1.165) is 49.8 Å². The van der Waals surface area contributed by atoms with E-state index >= 15 is 0 Å². The van der Waals surface area contributed by atoms with E-state index in [9.17, 15) is 13.2 Å². The molecule has 2 aromatic rings. The van der Waals surface area contributed by atoms with Crippen LogP contribution < -0.4 is 19.9 Å². The van der Waals surface area contributed by atoms with Gasteiger partial charge in [0.2, 0.25) is 22.7 Å². The third-order valence-corrected chi connectivity index (χ3v) is 6.35. The van der Waals surface area contributed by atoms with Crippen LogP contribution in [0, 0.1) is 0 Å². The maximum Gasteiger partial charge on any atom is 0.238 e. The van der Waals surface area contributed by atoms with Crippen molar-refractivity contribution in [2.24, 2.45) is 5.14 Å². The van der Waals surface area contributed by atoms with Gasteiger partial charge in [0.1, 0.15) is 0 Å². The molecule has 3 N–H and O–H groups in total. The number of piperazine rings is 1. The average Bonchev–Trinajstić information content (AvgIpc) is 3.21. The number of amides is 1. The molecule has 0 atom stereocenters. The highest BCUT2D eigenvalue weighted by atomic mass is 32.2. The fourth-order valence-electron chi connectivity index (χ4n) is 3.66. The SMILES string of the molecule is NS(=O)(=O)c1ccc(CNC(=O)CN2CCN(Cc3ccc4c(c3)OCO4)CC2)cc1. The average molecular weight is 447 g/mol. The lowest BCUT2D eigenvalue weighted by Gasteiger charge is -2.34. The van der Waals surface area contributed by atoms with Crippen molar-refractivity contribution in [3.05, 3.63) is 53.6 Å². The zero-order valence-corrected chi connectivity index (χ0v) is 17.9. The number of carbonyl (C=O) groups is 1. The fraction of sp³-hybridized carbons (Fsp3) is 0.381. The molecule has 1 amide bonds. The molecule has 0 aromatic heterocycles. The van der Waals surface area contributed by atoms with Crippen LogP contribution in [0.4, 0.5) is 0 Å². The molecule has 2 aliphatic rings. The van der Waals surface area contributed by atoms with Crippen LogP contribution in [0.2, 0.25) is 0 Å². The van der Waals surface area contributed by atoms with Gasteiger partial charge in [-0.1, -0.05) is 18.2 Å². The Bertz CT molecular complexity index is 1030. The van der Waals surface area contributed by atoms with Crippen molar-refractivity contribution in [3.63, 3.8) is 0 Å². The van der Waals surface area contributed by atoms with E-state index in [1.165, 1.54) is 17.7 Å². The second kappa shape index (κ2) is 9.23. The molecule has 2 heterocycles. The molecule has 9 nitrogen and oxygen atoms in total. The number of hydrogen-bond acceptors (Lipinski definition) is 7. The number of benzene rings is 2. The summed E-state index contributed by atoms with van der Waals surface area (Å²) in [6, 6.07) is 12.2. The number of hydrogen-bond donors (Lipinski definition) is 2. The predicted octanol–water partition coefficient (Wildman–Crippen LogP) is 0.497. The van der Waals surface area contributed by atoms with Crippen LogP contribution in [0.25, 0.3) is 0 Å². The molecule has 1 fully saturated rings. The van der Waals surface area contributed by atoms with Gasteiger partial charge < -0.3 is 14.8 Å². The number of sulfonamides is 1. The van der Waals surface area contributed by atoms with E-state index < -0.39 is 10.0 Å². The molecular formula is C21H26N4O5S. The molecule has 4 rings (SSSR count). The van der Waals surface area contributed by atoms with Crippen LogP contribution in [-0.4, -0.2) is 63.6 Å². The standard InChI is InChI=1S/C21H26N4O5S/c22-31(27,28)18-4-1-16(2-5-18)12-23-21(26)14-25-9-7-24(8-10-25)13-17-3-6-19-20(11-17)30-15-29-19/h1-6,11H,7-10,12-15H2,(H,23,26)(H2,22,27,28). The number of carbonyl (C=O) groups excluding carboxylic acids is 1. The van der Waals surface area contributed by atoms with Crippen LogP contribution >= 0.6 is 0 Å². The van der Waals surface area contributed by atoms with Gasteiger partial charge >= 0.3 is 0 Å². The van der Waals surface area contributed by atoms with Crippen LogP contribution in [0.15, 0.2) is 47.4 Å². The van der Waals surface area contributed by atoms with E-state index in [0.29, 0.717) is 13.1 Å². The van der Waals surface area contributed by atoms with Crippen LogP contribution in [0.3, 0.4) is 0 Å². The highest BCUT2D eigenvalue weighted by Gasteiger charge is 2.20. The van der Waals surface area contributed by atoms with Crippen LogP contribution in [-0.2, 0) is 27.9 Å². The Labute approximate surface area is 181 Å². The monoisotopic (exact) mass is 446 g/mol. The third-order valence-electron chi connectivity index (χ3n) is 5.42. The molecule has 1 saturated heterocycles. The third kappa shape index (κ3) is 5.73. The van der Waals surface area contributed by atoms with Crippen LogP contribution in [0.5, 0.6) is 11.5 Å². The Morgan fingerprint density at radius 1 is 0.935 bits per heavy atom. The number of fused-ring (bicyclic) bond motifs is 1. The largest absolute Gasteiger partial charge is 0.454 e. The second-order valence-corrected chi connectivity index (χ2v) is 9.27. The number of rotatable bonds is 7. The Morgan fingerprint density at radius 2 is 1.58 bits per heavy atom. The fourth-order valence-corrected chi connectivity index (χ4v) is 4.18. The van der Waals surface area contributed by atoms with Gasteiger partial charge in [0, 0.05) is 39.3 Å². The summed E-state index contributed by atoms with van der Waals surface area (Å²) in [5.41, 5.74) is 2.00. The number of ether oxygens (including phenoxy) is 2. The Morgan fingerprint density at radius 3 is 2.29 bits per heavy atom. The topological polar surface area (TPSA) is 114 Å². The Hall–Kier alpha value is -2.66. The molecule has 10 heteroatoms. The van der Waals surface area contributed by atoms with E-state index in [1.807, 2.05) is 12.1 Å². The summed E-state index contributed by atoms with van der Waals surface area (Å²) in [6.45, 7) is 5.21. The van der Waals surface area contributed by atoms with Gasteiger partial charge in [0.25, 0.3) is 0 Å². The van der Waals surface area contributed by atoms with E-state index in [4.69, 9.17) is 14.6 Å². The molecule has 2 aliphatic heterocycles. The molecule has 0 spiro atoms. The minimum Gasteiger partial charge on any atom is -0.454 e. The molecular weight excluding hydrogens is 420 g/mol. The van der Waals surface area contributed by atoms with E-state index in [2.05, 4.69) is 21.2 Å². The summed E-state index contributed by atoms with van der Waals surface area (Å²) in [6.07, 6.45) is 0. The summed E-state index contributed by atoms with van der Waals surface area (Å²) in [7, 11) is -3.71. The first-order valence-electron chi connectivity index (χ1n) is 10.1. The van der Waals surface area contributed by atoms with E-state index in [-0.39, 0.29) is 17.6 Å². The summed E-state index contributed by atoms with van der Waals surface area (Å²) >= 11 is 0. The first-order chi connectivity index (χ1) is 14.9. The summed E-state index contributed by atoms with van der Waals surface area (Å²) in [4.78, 5) is 16.8. The van der Waals surface area contributed by atoms with Crippen molar-refractivity contribution < 1.29 is 22.7 Å². The van der Waals surface area contributed by atoms with Gasteiger partial charge in [0.15, 0.2) is 11.5 Å². The second-order valence-electron chi connectivity index (χ2n) is 7.71. The molecule has 0 radical (unpaired) electrons. The Kier molecular flexibility index (Phi) is 6.42. The summed E-state index contributed by atoms with van der Waals surface area (Å²) in [5.74, 6) is 1.53. The lowest BCUT2D eigenvalue weighted by molar-refractivity contribution is -0.122. The minimum absolute atomic E-state index is 0.0558. The first-order valence-corrected chi connectivity index (χ1v) is 11.6. The molecule has 31 heavy (non-hydrogen) atoms. The summed E-state index contributed by atoms with van der Waals surface area (Å²) in [5, 5.41) is 7.97. The van der Waals surface area contributed by atoms with Gasteiger partial charge in [-0.15, -0.1) is 0 Å². The highest BCUT2D eigenvalue weighted by Crippen LogP contribution is 2.32. The number of nitrogens with two attached hydrogens (primary N) is 1. The normalized spacial score (nSPS) is 16.9. The van der Waals surface area contributed by atoms with Gasteiger partial charge in [0.05, 0.1) is 11.4 Å². The summed E-state index contributed by atoms with van der Waals surface area (Å²) < 4.78 is 33.4. The Balaban J connectivity index is 1.18. The number of primary sulfonamides is 1. The lowest BCUT2D eigenvalue weighted by atomic mass is 10.1. The predicted molar refractivity (Wildman–Crippen MR) is 114 cm³/mol. The zero-order chi connectivity index (χ0) is 21.8. The van der Waals surface area contributed by atoms with Gasteiger partial charge in [-0.05, 0) is 35.4 Å². The van der Waals surface area contributed by atoms with Gasteiger partial charge in [-0.2, -0.15) is 0 Å². The molecule has 0 aliphatic carbocycles. The van der Waals surface area contributed by atoms with Crippen molar-refractivity contribution >= 4 is 15.9 Å². The molecule has 0 unspecified atom stereocenters. The number of nitrogens with zero attached hydrogens (tertiary/aromatic N) is 2. The highest BCUT2D eigenvalue weighted by molar-refractivity contribution is 7.89. The van der Waals surface area contributed by atoms with Crippen molar-refractivity contribution in [1.29, 1.82) is 0 Å². The van der Waals surface area contributed by atoms with Crippen molar-refractivity contribution in [2.75, 3.05) is 39.5 Å². The molecule has 0 bridgehead atoms.